The first-order valence-corrected chi connectivity index (χ1v) is 5.70. The van der Waals surface area contributed by atoms with E-state index in [1.165, 1.54) is 25.8 Å². The lowest BCUT2D eigenvalue weighted by Crippen LogP contribution is -2.35. The summed E-state index contributed by atoms with van der Waals surface area (Å²) in [6.07, 6.45) is 3.98. The van der Waals surface area contributed by atoms with Gasteiger partial charge in [-0.25, -0.2) is 0 Å². The molecule has 2 aliphatic heterocycles. The molecule has 0 unspecified atom stereocenters. The smallest absolute Gasteiger partial charge is 0.0354 e. The second kappa shape index (κ2) is 3.09. The fourth-order valence-electron chi connectivity index (χ4n) is 3.08. The summed E-state index contributed by atoms with van der Waals surface area (Å²) >= 11 is 0. The third-order valence-electron chi connectivity index (χ3n) is 3.88. The van der Waals surface area contributed by atoms with Gasteiger partial charge in [0, 0.05) is 18.6 Å². The largest absolute Gasteiger partial charge is 0.293 e. The van der Waals surface area contributed by atoms with Crippen molar-refractivity contribution in [2.75, 3.05) is 6.54 Å². The van der Waals surface area contributed by atoms with Crippen LogP contribution in [0.4, 0.5) is 0 Å². The van der Waals surface area contributed by atoms with Gasteiger partial charge in [0.2, 0.25) is 0 Å². The molecule has 2 aliphatic rings. The van der Waals surface area contributed by atoms with Crippen LogP contribution >= 0.6 is 0 Å². The minimum Gasteiger partial charge on any atom is -0.293 e. The van der Waals surface area contributed by atoms with Crippen LogP contribution in [0.25, 0.3) is 0 Å². The van der Waals surface area contributed by atoms with Gasteiger partial charge in [-0.05, 0) is 37.3 Å². The lowest BCUT2D eigenvalue weighted by molar-refractivity contribution is 0.193. The fourth-order valence-corrected chi connectivity index (χ4v) is 3.08. The highest BCUT2D eigenvalue weighted by molar-refractivity contribution is 5.33. The van der Waals surface area contributed by atoms with Gasteiger partial charge in [-0.15, -0.1) is 0 Å². The molecule has 2 atom stereocenters. The van der Waals surface area contributed by atoms with Crippen molar-refractivity contribution in [3.8, 4) is 0 Å². The lowest BCUT2D eigenvalue weighted by atomic mass is 9.93. The number of hydrogen-bond donors (Lipinski definition) is 0. The molecular formula is C13H17N. The summed E-state index contributed by atoms with van der Waals surface area (Å²) in [5.41, 5.74) is 3.19. The SMILES string of the molecule is C[C@H]1CC[C@@H]2c3ccccc3CCN21. The highest BCUT2D eigenvalue weighted by Gasteiger charge is 2.34. The van der Waals surface area contributed by atoms with Gasteiger partial charge in [0.25, 0.3) is 0 Å². The molecule has 14 heavy (non-hydrogen) atoms. The van der Waals surface area contributed by atoms with Gasteiger partial charge < -0.3 is 0 Å². The van der Waals surface area contributed by atoms with E-state index in [2.05, 4.69) is 36.1 Å². The van der Waals surface area contributed by atoms with Crippen LogP contribution < -0.4 is 0 Å². The number of nitrogens with zero attached hydrogens (tertiary/aromatic N) is 1. The van der Waals surface area contributed by atoms with Gasteiger partial charge in [0.15, 0.2) is 0 Å². The lowest BCUT2D eigenvalue weighted by Gasteiger charge is -2.34. The summed E-state index contributed by atoms with van der Waals surface area (Å²) in [7, 11) is 0. The monoisotopic (exact) mass is 187 g/mol. The third kappa shape index (κ3) is 1.12. The van der Waals surface area contributed by atoms with Crippen molar-refractivity contribution in [2.45, 2.75) is 38.3 Å². The highest BCUT2D eigenvalue weighted by atomic mass is 15.2. The quantitative estimate of drug-likeness (QED) is 0.603. The zero-order chi connectivity index (χ0) is 9.54. The first-order chi connectivity index (χ1) is 6.86. The zero-order valence-corrected chi connectivity index (χ0v) is 8.74. The summed E-state index contributed by atoms with van der Waals surface area (Å²) in [4.78, 5) is 2.68. The van der Waals surface area contributed by atoms with Crippen molar-refractivity contribution in [1.82, 2.24) is 4.90 Å². The zero-order valence-electron chi connectivity index (χ0n) is 8.74. The molecule has 0 N–H and O–H groups in total. The van der Waals surface area contributed by atoms with Crippen LogP contribution in [0, 0.1) is 0 Å². The average Bonchev–Trinajstić information content (AvgIpc) is 2.61. The van der Waals surface area contributed by atoms with Crippen molar-refractivity contribution < 1.29 is 0 Å². The molecule has 1 heteroatoms. The summed E-state index contributed by atoms with van der Waals surface area (Å²) in [6.45, 7) is 3.64. The molecule has 0 bridgehead atoms. The van der Waals surface area contributed by atoms with E-state index < -0.39 is 0 Å². The Bertz CT molecular complexity index is 345. The van der Waals surface area contributed by atoms with Crippen molar-refractivity contribution in [2.24, 2.45) is 0 Å². The van der Waals surface area contributed by atoms with E-state index in [1.807, 2.05) is 0 Å². The molecule has 1 saturated heterocycles. The maximum Gasteiger partial charge on any atom is 0.0354 e. The third-order valence-corrected chi connectivity index (χ3v) is 3.88. The molecule has 0 radical (unpaired) electrons. The van der Waals surface area contributed by atoms with Crippen LogP contribution in [0.1, 0.15) is 36.9 Å². The molecule has 0 spiro atoms. The molecule has 0 aliphatic carbocycles. The summed E-state index contributed by atoms with van der Waals surface area (Å²) in [5.74, 6) is 0. The van der Waals surface area contributed by atoms with Crippen LogP contribution in [-0.4, -0.2) is 17.5 Å². The van der Waals surface area contributed by atoms with Gasteiger partial charge >= 0.3 is 0 Å². The summed E-state index contributed by atoms with van der Waals surface area (Å²) in [5, 5.41) is 0. The molecule has 74 valence electrons. The Balaban J connectivity index is 2.03. The van der Waals surface area contributed by atoms with Crippen LogP contribution in [0.5, 0.6) is 0 Å². The standard InChI is InChI=1S/C13H17N/c1-10-6-7-13-12-5-3-2-4-11(12)8-9-14(10)13/h2-5,10,13H,6-9H2,1H3/t10-,13+/m0/s1. The number of hydrogen-bond acceptors (Lipinski definition) is 1. The minimum atomic E-state index is 0.731. The van der Waals surface area contributed by atoms with Crippen molar-refractivity contribution >= 4 is 0 Å². The number of benzene rings is 1. The molecule has 0 aromatic heterocycles. The minimum absolute atomic E-state index is 0.731. The molecule has 0 amide bonds. The van der Waals surface area contributed by atoms with Gasteiger partial charge in [-0.3, -0.25) is 4.90 Å². The summed E-state index contributed by atoms with van der Waals surface area (Å²) in [6, 6.07) is 10.5. The number of fused-ring (bicyclic) bond motifs is 3. The van der Waals surface area contributed by atoms with E-state index >= 15 is 0 Å². The topological polar surface area (TPSA) is 3.24 Å². The van der Waals surface area contributed by atoms with Gasteiger partial charge in [-0.2, -0.15) is 0 Å². The second-order valence-corrected chi connectivity index (χ2v) is 4.63. The average molecular weight is 187 g/mol. The molecule has 0 saturated carbocycles. The van der Waals surface area contributed by atoms with E-state index in [-0.39, 0.29) is 0 Å². The molecule has 1 fully saturated rings. The first kappa shape index (κ1) is 8.49. The van der Waals surface area contributed by atoms with Gasteiger partial charge in [-0.1, -0.05) is 24.3 Å². The van der Waals surface area contributed by atoms with E-state index in [0.29, 0.717) is 0 Å². The van der Waals surface area contributed by atoms with Gasteiger partial charge in [0.1, 0.15) is 0 Å². The van der Waals surface area contributed by atoms with E-state index in [9.17, 15) is 0 Å². The molecule has 1 aromatic carbocycles. The predicted molar refractivity (Wildman–Crippen MR) is 58.3 cm³/mol. The maximum absolute atomic E-state index is 2.68. The van der Waals surface area contributed by atoms with Crippen molar-refractivity contribution in [3.63, 3.8) is 0 Å². The Hall–Kier alpha value is -0.820. The molecule has 1 aromatic rings. The first-order valence-electron chi connectivity index (χ1n) is 5.70. The fraction of sp³-hybridized carbons (Fsp3) is 0.538. The Labute approximate surface area is 85.7 Å². The molecule has 1 nitrogen and oxygen atoms in total. The summed E-state index contributed by atoms with van der Waals surface area (Å²) < 4.78 is 0. The van der Waals surface area contributed by atoms with Crippen LogP contribution in [-0.2, 0) is 6.42 Å². The second-order valence-electron chi connectivity index (χ2n) is 4.63. The maximum atomic E-state index is 2.68. The van der Waals surface area contributed by atoms with E-state index in [4.69, 9.17) is 0 Å². The van der Waals surface area contributed by atoms with E-state index in [1.54, 1.807) is 11.1 Å². The molecule has 3 rings (SSSR count). The predicted octanol–water partition coefficient (Wildman–Crippen LogP) is 2.77. The van der Waals surface area contributed by atoms with E-state index in [0.717, 1.165) is 12.1 Å². The molecule has 2 heterocycles. The Morgan fingerprint density at radius 3 is 3.00 bits per heavy atom. The van der Waals surface area contributed by atoms with Gasteiger partial charge in [0.05, 0.1) is 0 Å². The van der Waals surface area contributed by atoms with Crippen LogP contribution in [0.2, 0.25) is 0 Å². The van der Waals surface area contributed by atoms with Crippen LogP contribution in [0.15, 0.2) is 24.3 Å². The molecular weight excluding hydrogens is 170 g/mol. The van der Waals surface area contributed by atoms with Crippen molar-refractivity contribution in [3.05, 3.63) is 35.4 Å². The Morgan fingerprint density at radius 1 is 1.21 bits per heavy atom. The van der Waals surface area contributed by atoms with Crippen molar-refractivity contribution in [1.29, 1.82) is 0 Å². The Kier molecular flexibility index (Phi) is 1.88. The van der Waals surface area contributed by atoms with Crippen LogP contribution in [0.3, 0.4) is 0 Å². The normalized spacial score (nSPS) is 31.2. The number of rotatable bonds is 0. The highest BCUT2D eigenvalue weighted by Crippen LogP contribution is 2.40. The Morgan fingerprint density at radius 2 is 2.07 bits per heavy atom.